The van der Waals surface area contributed by atoms with Crippen molar-refractivity contribution in [2.45, 2.75) is 34.6 Å². The van der Waals surface area contributed by atoms with Gasteiger partial charge in [0.15, 0.2) is 0 Å². The van der Waals surface area contributed by atoms with E-state index in [0.29, 0.717) is 5.92 Å². The van der Waals surface area contributed by atoms with Crippen molar-refractivity contribution in [3.05, 3.63) is 36.0 Å². The van der Waals surface area contributed by atoms with Crippen LogP contribution >= 0.6 is 0 Å². The van der Waals surface area contributed by atoms with E-state index in [1.165, 1.54) is 5.69 Å². The van der Waals surface area contributed by atoms with Gasteiger partial charge in [-0.1, -0.05) is 19.9 Å². The van der Waals surface area contributed by atoms with Crippen LogP contribution in [0.5, 0.6) is 0 Å². The number of rotatable bonds is 6. The van der Waals surface area contributed by atoms with Crippen LogP contribution in [0.15, 0.2) is 30.5 Å². The van der Waals surface area contributed by atoms with Gasteiger partial charge in [-0.05, 0) is 50.5 Å². The summed E-state index contributed by atoms with van der Waals surface area (Å²) in [5, 5.41) is 5.57. The Labute approximate surface area is 128 Å². The lowest BCUT2D eigenvalue weighted by Gasteiger charge is -2.22. The topological polar surface area (TPSA) is 44.4 Å². The molecule has 0 heterocycles. The zero-order chi connectivity index (χ0) is 15.8. The first kappa shape index (κ1) is 17.1. The van der Waals surface area contributed by atoms with Crippen LogP contribution in [0.2, 0.25) is 0 Å². The van der Waals surface area contributed by atoms with Crippen LogP contribution in [0, 0.1) is 12.8 Å². The summed E-state index contributed by atoms with van der Waals surface area (Å²) in [6, 6.07) is 5.88. The molecule has 2 amide bonds. The molecule has 1 aromatic carbocycles. The minimum atomic E-state index is -0.217. The number of hydrogen-bond donors (Lipinski definition) is 2. The second-order valence-corrected chi connectivity index (χ2v) is 5.37. The molecule has 4 heteroatoms. The molecule has 2 N–H and O–H groups in total. The van der Waals surface area contributed by atoms with Crippen LogP contribution in [-0.4, -0.2) is 19.1 Å². The highest BCUT2D eigenvalue weighted by molar-refractivity contribution is 5.91. The third-order valence-corrected chi connectivity index (χ3v) is 3.28. The summed E-state index contributed by atoms with van der Waals surface area (Å²) in [6.45, 7) is 12.4. The summed E-state index contributed by atoms with van der Waals surface area (Å²) in [6.07, 6.45) is 3.62. The lowest BCUT2D eigenvalue weighted by Crippen LogP contribution is -2.25. The first-order valence-corrected chi connectivity index (χ1v) is 7.57. The number of urea groups is 1. The third kappa shape index (κ3) is 5.50. The van der Waals surface area contributed by atoms with E-state index in [4.69, 9.17) is 0 Å². The molecule has 4 nitrogen and oxygen atoms in total. The number of hydrogen-bond acceptors (Lipinski definition) is 2. The highest BCUT2D eigenvalue weighted by atomic mass is 16.2. The van der Waals surface area contributed by atoms with Gasteiger partial charge in [0, 0.05) is 30.7 Å². The second kappa shape index (κ2) is 8.35. The van der Waals surface area contributed by atoms with Gasteiger partial charge in [0.05, 0.1) is 0 Å². The van der Waals surface area contributed by atoms with Crippen molar-refractivity contribution in [1.29, 1.82) is 0 Å². The molecule has 0 aliphatic heterocycles. The minimum Gasteiger partial charge on any atom is -0.372 e. The molecule has 0 saturated heterocycles. The Morgan fingerprint density at radius 1 is 1.29 bits per heavy atom. The number of nitrogens with one attached hydrogen (secondary N) is 2. The summed E-state index contributed by atoms with van der Waals surface area (Å²) >= 11 is 0. The zero-order valence-electron chi connectivity index (χ0n) is 13.7. The SMILES string of the molecule is CCN(CC)c1ccc(NC(=O)N/C=C/C(C)C)c(C)c1. The van der Waals surface area contributed by atoms with Crippen molar-refractivity contribution < 1.29 is 4.79 Å². The van der Waals surface area contributed by atoms with Crippen molar-refractivity contribution in [2.75, 3.05) is 23.3 Å². The first-order valence-electron chi connectivity index (χ1n) is 7.57. The summed E-state index contributed by atoms with van der Waals surface area (Å²) in [7, 11) is 0. The van der Waals surface area contributed by atoms with Gasteiger partial charge in [-0.2, -0.15) is 0 Å². The predicted octanol–water partition coefficient (Wildman–Crippen LogP) is 4.13. The maximum Gasteiger partial charge on any atom is 0.323 e. The van der Waals surface area contributed by atoms with Crippen molar-refractivity contribution in [2.24, 2.45) is 5.92 Å². The average molecular weight is 289 g/mol. The molecule has 0 aliphatic carbocycles. The van der Waals surface area contributed by atoms with Crippen molar-refractivity contribution in [1.82, 2.24) is 5.32 Å². The van der Waals surface area contributed by atoms with Gasteiger partial charge in [0.25, 0.3) is 0 Å². The smallest absolute Gasteiger partial charge is 0.323 e. The number of carbonyl (C=O) groups is 1. The highest BCUT2D eigenvalue weighted by Crippen LogP contribution is 2.22. The van der Waals surface area contributed by atoms with Crippen LogP contribution in [-0.2, 0) is 0 Å². The van der Waals surface area contributed by atoms with E-state index in [9.17, 15) is 4.79 Å². The molecule has 0 radical (unpaired) electrons. The standard InChI is InChI=1S/C17H27N3O/c1-6-20(7-2)15-8-9-16(14(5)12-15)19-17(21)18-11-10-13(3)4/h8-13H,6-7H2,1-5H3,(H2,18,19,21)/b11-10+. The summed E-state index contributed by atoms with van der Waals surface area (Å²) in [4.78, 5) is 14.1. The second-order valence-electron chi connectivity index (χ2n) is 5.37. The molecule has 0 saturated carbocycles. The molecule has 116 valence electrons. The molecule has 0 aliphatic rings. The van der Waals surface area contributed by atoms with E-state index in [1.807, 2.05) is 25.1 Å². The van der Waals surface area contributed by atoms with Gasteiger partial charge in [-0.25, -0.2) is 4.79 Å². The Kier molecular flexibility index (Phi) is 6.79. The van der Waals surface area contributed by atoms with Crippen LogP contribution in [0.4, 0.5) is 16.2 Å². The van der Waals surface area contributed by atoms with Crippen molar-refractivity contribution >= 4 is 17.4 Å². The average Bonchev–Trinajstić information content (AvgIpc) is 2.42. The molecule has 0 fully saturated rings. The minimum absolute atomic E-state index is 0.217. The van der Waals surface area contributed by atoms with Gasteiger partial charge in [0.2, 0.25) is 0 Å². The third-order valence-electron chi connectivity index (χ3n) is 3.28. The molecular formula is C17H27N3O. The fourth-order valence-corrected chi connectivity index (χ4v) is 2.05. The Hall–Kier alpha value is -1.97. The van der Waals surface area contributed by atoms with E-state index in [-0.39, 0.29) is 6.03 Å². The van der Waals surface area contributed by atoms with Gasteiger partial charge < -0.3 is 15.5 Å². The Morgan fingerprint density at radius 2 is 1.95 bits per heavy atom. The molecule has 0 aromatic heterocycles. The van der Waals surface area contributed by atoms with E-state index in [0.717, 1.165) is 24.3 Å². The summed E-state index contributed by atoms with van der Waals surface area (Å²) in [5.41, 5.74) is 3.08. The van der Waals surface area contributed by atoms with E-state index >= 15 is 0 Å². The molecule has 0 bridgehead atoms. The number of allylic oxidation sites excluding steroid dienone is 1. The van der Waals surface area contributed by atoms with Gasteiger partial charge in [0.1, 0.15) is 0 Å². The molecule has 0 atom stereocenters. The Morgan fingerprint density at radius 3 is 2.48 bits per heavy atom. The lowest BCUT2D eigenvalue weighted by atomic mass is 10.1. The fourth-order valence-electron chi connectivity index (χ4n) is 2.05. The van der Waals surface area contributed by atoms with E-state index in [1.54, 1.807) is 6.20 Å². The van der Waals surface area contributed by atoms with Gasteiger partial charge in [-0.3, -0.25) is 0 Å². The highest BCUT2D eigenvalue weighted by Gasteiger charge is 2.06. The normalized spacial score (nSPS) is 11.0. The first-order chi connectivity index (χ1) is 9.97. The van der Waals surface area contributed by atoms with Crippen LogP contribution in [0.1, 0.15) is 33.3 Å². The number of benzene rings is 1. The number of anilines is 2. The monoisotopic (exact) mass is 289 g/mol. The van der Waals surface area contributed by atoms with E-state index in [2.05, 4.69) is 49.3 Å². The van der Waals surface area contributed by atoms with Gasteiger partial charge in [-0.15, -0.1) is 0 Å². The van der Waals surface area contributed by atoms with E-state index < -0.39 is 0 Å². The van der Waals surface area contributed by atoms with Crippen LogP contribution in [0.3, 0.4) is 0 Å². The molecule has 21 heavy (non-hydrogen) atoms. The number of amides is 2. The Bertz CT molecular complexity index is 491. The number of carbonyl (C=O) groups excluding carboxylic acids is 1. The maximum absolute atomic E-state index is 11.8. The van der Waals surface area contributed by atoms with Crippen molar-refractivity contribution in [3.63, 3.8) is 0 Å². The van der Waals surface area contributed by atoms with Crippen LogP contribution < -0.4 is 15.5 Å². The van der Waals surface area contributed by atoms with Gasteiger partial charge >= 0.3 is 6.03 Å². The molecule has 1 aromatic rings. The molecule has 0 unspecified atom stereocenters. The quantitative estimate of drug-likeness (QED) is 0.827. The Balaban J connectivity index is 2.70. The summed E-state index contributed by atoms with van der Waals surface area (Å²) < 4.78 is 0. The predicted molar refractivity (Wildman–Crippen MR) is 90.9 cm³/mol. The molecule has 0 spiro atoms. The largest absolute Gasteiger partial charge is 0.372 e. The van der Waals surface area contributed by atoms with Crippen molar-refractivity contribution in [3.8, 4) is 0 Å². The lowest BCUT2D eigenvalue weighted by molar-refractivity contribution is 0.255. The number of nitrogens with zero attached hydrogens (tertiary/aromatic N) is 1. The molecular weight excluding hydrogens is 262 g/mol. The van der Waals surface area contributed by atoms with Crippen LogP contribution in [0.25, 0.3) is 0 Å². The molecule has 1 rings (SSSR count). The zero-order valence-corrected chi connectivity index (χ0v) is 13.7. The number of aryl methyl sites for hydroxylation is 1. The summed E-state index contributed by atoms with van der Waals surface area (Å²) in [5.74, 6) is 0.417. The maximum atomic E-state index is 11.8. The fraction of sp³-hybridized carbons (Fsp3) is 0.471.